The van der Waals surface area contributed by atoms with Gasteiger partial charge < -0.3 is 5.32 Å². The van der Waals surface area contributed by atoms with Gasteiger partial charge in [0.1, 0.15) is 12.1 Å². The molecule has 1 aromatic heterocycles. The standard InChI is InChI=1S/C16H18N4/c1-4-18-16-14(11(2)3)15(19-10-20-16)13-7-5-6-12(8-13)9-17/h5-8,10-11H,4H2,1-3H3,(H,18,19,20). The number of nitriles is 1. The first-order valence-electron chi connectivity index (χ1n) is 6.76. The van der Waals surface area contributed by atoms with E-state index in [9.17, 15) is 0 Å². The van der Waals surface area contributed by atoms with Crippen molar-refractivity contribution in [3.63, 3.8) is 0 Å². The lowest BCUT2D eigenvalue weighted by atomic mass is 9.96. The number of anilines is 1. The van der Waals surface area contributed by atoms with Gasteiger partial charge in [0.05, 0.1) is 17.3 Å². The van der Waals surface area contributed by atoms with Gasteiger partial charge in [-0.25, -0.2) is 9.97 Å². The Morgan fingerprint density at radius 2 is 2.10 bits per heavy atom. The zero-order chi connectivity index (χ0) is 14.5. The maximum Gasteiger partial charge on any atom is 0.133 e. The molecule has 0 radical (unpaired) electrons. The Bertz CT molecular complexity index is 641. The third-order valence-electron chi connectivity index (χ3n) is 3.07. The van der Waals surface area contributed by atoms with E-state index in [1.165, 1.54) is 0 Å². The van der Waals surface area contributed by atoms with Crippen LogP contribution in [0.4, 0.5) is 5.82 Å². The minimum absolute atomic E-state index is 0.297. The Balaban J connectivity index is 2.61. The van der Waals surface area contributed by atoms with Crippen LogP contribution >= 0.6 is 0 Å². The SMILES string of the molecule is CCNc1ncnc(-c2cccc(C#N)c2)c1C(C)C. The molecule has 0 aliphatic heterocycles. The lowest BCUT2D eigenvalue weighted by Crippen LogP contribution is -2.07. The van der Waals surface area contributed by atoms with Crippen LogP contribution in [-0.4, -0.2) is 16.5 Å². The molecule has 1 aromatic carbocycles. The molecule has 0 saturated carbocycles. The number of benzene rings is 1. The highest BCUT2D eigenvalue weighted by Gasteiger charge is 2.16. The van der Waals surface area contributed by atoms with Gasteiger partial charge in [0.25, 0.3) is 0 Å². The van der Waals surface area contributed by atoms with Crippen molar-refractivity contribution in [1.29, 1.82) is 5.26 Å². The van der Waals surface area contributed by atoms with Gasteiger partial charge in [0.15, 0.2) is 0 Å². The van der Waals surface area contributed by atoms with Gasteiger partial charge >= 0.3 is 0 Å². The van der Waals surface area contributed by atoms with Crippen molar-refractivity contribution in [2.75, 3.05) is 11.9 Å². The van der Waals surface area contributed by atoms with Gasteiger partial charge in [0.2, 0.25) is 0 Å². The summed E-state index contributed by atoms with van der Waals surface area (Å²) >= 11 is 0. The molecular weight excluding hydrogens is 248 g/mol. The van der Waals surface area contributed by atoms with Crippen LogP contribution in [0.25, 0.3) is 11.3 Å². The van der Waals surface area contributed by atoms with Crippen LogP contribution in [0.5, 0.6) is 0 Å². The molecule has 0 aliphatic carbocycles. The van der Waals surface area contributed by atoms with E-state index in [2.05, 4.69) is 35.2 Å². The number of nitrogens with zero attached hydrogens (tertiary/aromatic N) is 3. The van der Waals surface area contributed by atoms with Crippen molar-refractivity contribution in [3.8, 4) is 17.3 Å². The summed E-state index contributed by atoms with van der Waals surface area (Å²) in [5.41, 5.74) is 3.57. The molecule has 1 heterocycles. The van der Waals surface area contributed by atoms with Crippen LogP contribution < -0.4 is 5.32 Å². The third-order valence-corrected chi connectivity index (χ3v) is 3.07. The maximum absolute atomic E-state index is 9.03. The molecule has 0 aliphatic rings. The first-order valence-corrected chi connectivity index (χ1v) is 6.76. The largest absolute Gasteiger partial charge is 0.370 e. The van der Waals surface area contributed by atoms with Crippen molar-refractivity contribution >= 4 is 5.82 Å². The monoisotopic (exact) mass is 266 g/mol. The Kier molecular flexibility index (Phi) is 4.31. The molecule has 2 rings (SSSR count). The topological polar surface area (TPSA) is 61.6 Å². The summed E-state index contributed by atoms with van der Waals surface area (Å²) in [5.74, 6) is 1.17. The van der Waals surface area contributed by atoms with Crippen molar-refractivity contribution in [2.45, 2.75) is 26.7 Å². The molecule has 0 amide bonds. The van der Waals surface area contributed by atoms with Crippen LogP contribution in [0.3, 0.4) is 0 Å². The smallest absolute Gasteiger partial charge is 0.133 e. The molecule has 20 heavy (non-hydrogen) atoms. The van der Waals surface area contributed by atoms with Gasteiger partial charge in [-0.1, -0.05) is 26.0 Å². The van der Waals surface area contributed by atoms with E-state index in [4.69, 9.17) is 5.26 Å². The summed E-state index contributed by atoms with van der Waals surface area (Å²) in [6.45, 7) is 7.10. The lowest BCUT2D eigenvalue weighted by Gasteiger charge is -2.16. The first kappa shape index (κ1) is 14.0. The zero-order valence-corrected chi connectivity index (χ0v) is 12.0. The van der Waals surface area contributed by atoms with Crippen molar-refractivity contribution < 1.29 is 0 Å². The summed E-state index contributed by atoms with van der Waals surface area (Å²) in [4.78, 5) is 8.76. The Hall–Kier alpha value is -2.41. The molecule has 4 heteroatoms. The highest BCUT2D eigenvalue weighted by atomic mass is 15.0. The average Bonchev–Trinajstić information content (AvgIpc) is 2.47. The molecular formula is C16H18N4. The molecule has 0 saturated heterocycles. The fourth-order valence-corrected chi connectivity index (χ4v) is 2.22. The molecule has 1 N–H and O–H groups in total. The normalized spacial score (nSPS) is 10.3. The predicted octanol–water partition coefficient (Wildman–Crippen LogP) is 3.57. The van der Waals surface area contributed by atoms with Crippen molar-refractivity contribution in [2.24, 2.45) is 0 Å². The van der Waals surface area contributed by atoms with Gasteiger partial charge in [0, 0.05) is 17.7 Å². The minimum Gasteiger partial charge on any atom is -0.370 e. The molecule has 0 fully saturated rings. The second-order valence-electron chi connectivity index (χ2n) is 4.86. The van der Waals surface area contributed by atoms with E-state index < -0.39 is 0 Å². The Morgan fingerprint density at radius 3 is 2.75 bits per heavy atom. The van der Waals surface area contributed by atoms with E-state index in [0.29, 0.717) is 11.5 Å². The maximum atomic E-state index is 9.03. The van der Waals surface area contributed by atoms with Gasteiger partial charge in [-0.05, 0) is 25.0 Å². The molecule has 0 atom stereocenters. The molecule has 0 spiro atoms. The van der Waals surface area contributed by atoms with Crippen LogP contribution in [0.15, 0.2) is 30.6 Å². The number of rotatable bonds is 4. The molecule has 4 nitrogen and oxygen atoms in total. The number of nitrogens with one attached hydrogen (secondary N) is 1. The van der Waals surface area contributed by atoms with Crippen LogP contribution in [0.1, 0.15) is 37.8 Å². The summed E-state index contributed by atoms with van der Waals surface area (Å²) < 4.78 is 0. The number of aromatic nitrogens is 2. The zero-order valence-electron chi connectivity index (χ0n) is 12.0. The van der Waals surface area contributed by atoms with E-state index in [1.54, 1.807) is 12.4 Å². The van der Waals surface area contributed by atoms with Crippen molar-refractivity contribution in [3.05, 3.63) is 41.7 Å². The number of hydrogen-bond acceptors (Lipinski definition) is 4. The Morgan fingerprint density at radius 1 is 1.30 bits per heavy atom. The second kappa shape index (κ2) is 6.16. The first-order chi connectivity index (χ1) is 9.67. The lowest BCUT2D eigenvalue weighted by molar-refractivity contribution is 0.849. The fourth-order valence-electron chi connectivity index (χ4n) is 2.22. The number of hydrogen-bond donors (Lipinski definition) is 1. The Labute approximate surface area is 119 Å². The molecule has 0 unspecified atom stereocenters. The van der Waals surface area contributed by atoms with Gasteiger partial charge in [-0.3, -0.25) is 0 Å². The van der Waals surface area contributed by atoms with E-state index in [-0.39, 0.29) is 0 Å². The highest BCUT2D eigenvalue weighted by Crippen LogP contribution is 2.32. The van der Waals surface area contributed by atoms with Crippen molar-refractivity contribution in [1.82, 2.24) is 9.97 Å². The minimum atomic E-state index is 0.297. The highest BCUT2D eigenvalue weighted by molar-refractivity contribution is 5.70. The molecule has 102 valence electrons. The predicted molar refractivity (Wildman–Crippen MR) is 80.4 cm³/mol. The van der Waals surface area contributed by atoms with Crippen LogP contribution in [-0.2, 0) is 0 Å². The summed E-state index contributed by atoms with van der Waals surface area (Å²) in [6.07, 6.45) is 1.57. The fraction of sp³-hybridized carbons (Fsp3) is 0.312. The third kappa shape index (κ3) is 2.77. The summed E-state index contributed by atoms with van der Waals surface area (Å²) in [5, 5.41) is 12.3. The van der Waals surface area contributed by atoms with Crippen LogP contribution in [0, 0.1) is 11.3 Å². The second-order valence-corrected chi connectivity index (χ2v) is 4.86. The van der Waals surface area contributed by atoms with E-state index in [1.807, 2.05) is 25.1 Å². The van der Waals surface area contributed by atoms with Crippen LogP contribution in [0.2, 0.25) is 0 Å². The molecule has 0 bridgehead atoms. The summed E-state index contributed by atoms with van der Waals surface area (Å²) in [7, 11) is 0. The van der Waals surface area contributed by atoms with Gasteiger partial charge in [-0.15, -0.1) is 0 Å². The van der Waals surface area contributed by atoms with Gasteiger partial charge in [-0.2, -0.15) is 5.26 Å². The average molecular weight is 266 g/mol. The quantitative estimate of drug-likeness (QED) is 0.919. The summed E-state index contributed by atoms with van der Waals surface area (Å²) in [6, 6.07) is 9.69. The molecule has 2 aromatic rings. The van der Waals surface area contributed by atoms with E-state index >= 15 is 0 Å². The van der Waals surface area contributed by atoms with E-state index in [0.717, 1.165) is 29.2 Å².